The van der Waals surface area contributed by atoms with Crippen molar-refractivity contribution < 1.29 is 9.53 Å². The highest BCUT2D eigenvalue weighted by atomic mass is 79.9. The van der Waals surface area contributed by atoms with E-state index in [-0.39, 0.29) is 5.97 Å². The van der Waals surface area contributed by atoms with Crippen molar-refractivity contribution in [2.75, 3.05) is 6.61 Å². The fourth-order valence-corrected chi connectivity index (χ4v) is 2.40. The number of benzene rings is 2. The van der Waals surface area contributed by atoms with Gasteiger partial charge in [-0.05, 0) is 29.2 Å². The molecule has 108 valence electrons. The molecule has 21 heavy (non-hydrogen) atoms. The number of alkyl halides is 1. The molecule has 0 unspecified atom stereocenters. The molecule has 0 heterocycles. The summed E-state index contributed by atoms with van der Waals surface area (Å²) in [5.41, 5.74) is 4.06. The van der Waals surface area contributed by atoms with E-state index in [2.05, 4.69) is 15.9 Å². The molecule has 2 nitrogen and oxygen atoms in total. The van der Waals surface area contributed by atoms with E-state index in [0.717, 1.165) is 22.0 Å². The van der Waals surface area contributed by atoms with Gasteiger partial charge in [-0.2, -0.15) is 0 Å². The molecule has 2 rings (SSSR count). The van der Waals surface area contributed by atoms with Gasteiger partial charge >= 0.3 is 5.97 Å². The molecule has 0 N–H and O–H groups in total. The Balaban J connectivity index is 2.42. The summed E-state index contributed by atoms with van der Waals surface area (Å²) < 4.78 is 5.04. The zero-order valence-corrected chi connectivity index (χ0v) is 13.5. The van der Waals surface area contributed by atoms with Crippen LogP contribution >= 0.6 is 15.9 Å². The highest BCUT2D eigenvalue weighted by molar-refractivity contribution is 9.08. The molecule has 0 spiro atoms. The van der Waals surface area contributed by atoms with E-state index in [4.69, 9.17) is 4.74 Å². The summed E-state index contributed by atoms with van der Waals surface area (Å²) in [6.45, 7) is 2.18. The molecule has 0 aliphatic rings. The fourth-order valence-electron chi connectivity index (χ4n) is 2.03. The number of esters is 1. The van der Waals surface area contributed by atoms with Gasteiger partial charge in [-0.1, -0.05) is 70.5 Å². The molecule has 3 heteroatoms. The van der Waals surface area contributed by atoms with E-state index < -0.39 is 0 Å². The monoisotopic (exact) mass is 344 g/mol. The third kappa shape index (κ3) is 4.30. The van der Waals surface area contributed by atoms with E-state index in [9.17, 15) is 4.79 Å². The van der Waals surface area contributed by atoms with Gasteiger partial charge in [0.2, 0.25) is 0 Å². The van der Waals surface area contributed by atoms with E-state index in [0.29, 0.717) is 6.61 Å². The zero-order valence-electron chi connectivity index (χ0n) is 11.9. The van der Waals surface area contributed by atoms with Crippen LogP contribution in [0.5, 0.6) is 0 Å². The minimum atomic E-state index is -0.319. The third-order valence-electron chi connectivity index (χ3n) is 3.05. The quantitative estimate of drug-likeness (QED) is 0.451. The van der Waals surface area contributed by atoms with Gasteiger partial charge in [-0.15, -0.1) is 0 Å². The van der Waals surface area contributed by atoms with Crippen molar-refractivity contribution in [3.8, 4) is 0 Å². The van der Waals surface area contributed by atoms with Crippen LogP contribution < -0.4 is 0 Å². The standard InChI is InChI=1S/C18H17BrO2/c1-2-21-18(20)12-17(15-6-4-3-5-7-15)16-10-8-14(13-19)9-11-16/h3-12H,2,13H2,1H3/b17-12-. The van der Waals surface area contributed by atoms with Gasteiger partial charge in [0.1, 0.15) is 0 Å². The summed E-state index contributed by atoms with van der Waals surface area (Å²) in [4.78, 5) is 11.8. The molecule has 0 fully saturated rings. The number of ether oxygens (including phenoxy) is 1. The Hall–Kier alpha value is -1.87. The van der Waals surface area contributed by atoms with Gasteiger partial charge in [-0.25, -0.2) is 4.79 Å². The van der Waals surface area contributed by atoms with Crippen molar-refractivity contribution >= 4 is 27.5 Å². The minimum absolute atomic E-state index is 0.319. The minimum Gasteiger partial charge on any atom is -0.463 e. The molecule has 2 aromatic rings. The molecule has 0 atom stereocenters. The Bertz CT molecular complexity index is 615. The Morgan fingerprint density at radius 2 is 1.67 bits per heavy atom. The lowest BCUT2D eigenvalue weighted by Gasteiger charge is -2.09. The number of hydrogen-bond acceptors (Lipinski definition) is 2. The van der Waals surface area contributed by atoms with Gasteiger partial charge in [0.05, 0.1) is 6.61 Å². The first-order chi connectivity index (χ1) is 10.2. The van der Waals surface area contributed by atoms with Gasteiger partial charge < -0.3 is 4.74 Å². The summed E-state index contributed by atoms with van der Waals surface area (Å²) in [6.07, 6.45) is 1.56. The van der Waals surface area contributed by atoms with Crippen LogP contribution in [0.2, 0.25) is 0 Å². The van der Waals surface area contributed by atoms with Crippen molar-refractivity contribution in [1.29, 1.82) is 0 Å². The summed E-state index contributed by atoms with van der Waals surface area (Å²) in [5, 5.41) is 0.815. The number of hydrogen-bond donors (Lipinski definition) is 0. The Kier molecular flexibility index (Phi) is 5.76. The molecule has 0 amide bonds. The van der Waals surface area contributed by atoms with E-state index in [1.54, 1.807) is 13.0 Å². The van der Waals surface area contributed by atoms with Crippen LogP contribution in [0.4, 0.5) is 0 Å². The van der Waals surface area contributed by atoms with Crippen molar-refractivity contribution in [3.63, 3.8) is 0 Å². The Morgan fingerprint density at radius 1 is 1.05 bits per heavy atom. The third-order valence-corrected chi connectivity index (χ3v) is 3.70. The highest BCUT2D eigenvalue weighted by Gasteiger charge is 2.08. The molecule has 0 aliphatic carbocycles. The summed E-state index contributed by atoms with van der Waals surface area (Å²) in [7, 11) is 0. The lowest BCUT2D eigenvalue weighted by molar-refractivity contribution is -0.137. The van der Waals surface area contributed by atoms with Crippen molar-refractivity contribution in [2.45, 2.75) is 12.3 Å². The predicted molar refractivity (Wildman–Crippen MR) is 89.2 cm³/mol. The zero-order chi connectivity index (χ0) is 15.1. The Morgan fingerprint density at radius 3 is 2.24 bits per heavy atom. The molecule has 2 aromatic carbocycles. The first kappa shape index (κ1) is 15.5. The number of carbonyl (C=O) groups is 1. The number of rotatable bonds is 5. The lowest BCUT2D eigenvalue weighted by Crippen LogP contribution is -2.01. The van der Waals surface area contributed by atoms with Gasteiger partial charge in [0.25, 0.3) is 0 Å². The van der Waals surface area contributed by atoms with Crippen LogP contribution in [0.15, 0.2) is 60.7 Å². The van der Waals surface area contributed by atoms with Gasteiger partial charge in [-0.3, -0.25) is 0 Å². The first-order valence-corrected chi connectivity index (χ1v) is 7.96. The summed E-state index contributed by atoms with van der Waals surface area (Å²) >= 11 is 3.44. The maximum Gasteiger partial charge on any atom is 0.331 e. The largest absolute Gasteiger partial charge is 0.463 e. The van der Waals surface area contributed by atoms with Crippen molar-refractivity contribution in [2.24, 2.45) is 0 Å². The second-order valence-corrected chi connectivity index (χ2v) is 5.07. The summed E-state index contributed by atoms with van der Waals surface area (Å²) in [6, 6.07) is 18.0. The van der Waals surface area contributed by atoms with Crippen molar-refractivity contribution in [1.82, 2.24) is 0 Å². The van der Waals surface area contributed by atoms with E-state index in [1.807, 2.05) is 54.6 Å². The average molecular weight is 345 g/mol. The summed E-state index contributed by atoms with van der Waals surface area (Å²) in [5.74, 6) is -0.319. The molecule has 0 saturated heterocycles. The number of halogens is 1. The van der Waals surface area contributed by atoms with Crippen LogP contribution in [0.1, 0.15) is 23.6 Å². The molecular formula is C18H17BrO2. The normalized spacial score (nSPS) is 11.2. The highest BCUT2D eigenvalue weighted by Crippen LogP contribution is 2.24. The fraction of sp³-hybridized carbons (Fsp3) is 0.167. The maximum atomic E-state index is 11.8. The van der Waals surface area contributed by atoms with E-state index >= 15 is 0 Å². The average Bonchev–Trinajstić information content (AvgIpc) is 2.54. The van der Waals surface area contributed by atoms with Crippen LogP contribution in [0.25, 0.3) is 5.57 Å². The molecule has 0 saturated carbocycles. The van der Waals surface area contributed by atoms with Crippen LogP contribution in [0, 0.1) is 0 Å². The van der Waals surface area contributed by atoms with Crippen molar-refractivity contribution in [3.05, 3.63) is 77.4 Å². The second-order valence-electron chi connectivity index (χ2n) is 4.51. The molecule has 0 aliphatic heterocycles. The molecule has 0 bridgehead atoms. The van der Waals surface area contributed by atoms with Crippen LogP contribution in [-0.2, 0) is 14.9 Å². The SMILES string of the molecule is CCOC(=O)/C=C(/c1ccccc1)c1ccc(CBr)cc1. The molecular weight excluding hydrogens is 328 g/mol. The smallest absolute Gasteiger partial charge is 0.331 e. The van der Waals surface area contributed by atoms with Gasteiger partial charge in [0.15, 0.2) is 0 Å². The first-order valence-electron chi connectivity index (χ1n) is 6.83. The van der Waals surface area contributed by atoms with Crippen LogP contribution in [0.3, 0.4) is 0 Å². The van der Waals surface area contributed by atoms with E-state index in [1.165, 1.54) is 5.56 Å². The number of carbonyl (C=O) groups excluding carboxylic acids is 1. The Labute approximate surface area is 133 Å². The van der Waals surface area contributed by atoms with Crippen LogP contribution in [-0.4, -0.2) is 12.6 Å². The maximum absolute atomic E-state index is 11.8. The van der Waals surface area contributed by atoms with Gasteiger partial charge in [0, 0.05) is 11.4 Å². The second kappa shape index (κ2) is 7.79. The topological polar surface area (TPSA) is 26.3 Å². The predicted octanol–water partition coefficient (Wildman–Crippen LogP) is 4.58. The lowest BCUT2D eigenvalue weighted by atomic mass is 9.97. The molecule has 0 aromatic heterocycles. The molecule has 0 radical (unpaired) electrons.